The summed E-state index contributed by atoms with van der Waals surface area (Å²) in [5.41, 5.74) is 3.14. The summed E-state index contributed by atoms with van der Waals surface area (Å²) in [6.07, 6.45) is 2.28. The SMILES string of the molecule is COc1ccc(N2CCN(Cc3cccc(C(=O)NC[C@H]4CCCO4)c3)CC2)cc1. The number of benzene rings is 2. The fourth-order valence-electron chi connectivity index (χ4n) is 4.14. The topological polar surface area (TPSA) is 54.0 Å². The van der Waals surface area contributed by atoms with Gasteiger partial charge in [0.1, 0.15) is 5.75 Å². The molecule has 0 saturated carbocycles. The van der Waals surface area contributed by atoms with Crippen molar-refractivity contribution in [2.24, 2.45) is 0 Å². The van der Waals surface area contributed by atoms with Gasteiger partial charge in [0.05, 0.1) is 13.2 Å². The van der Waals surface area contributed by atoms with Crippen LogP contribution in [0.1, 0.15) is 28.8 Å². The minimum Gasteiger partial charge on any atom is -0.497 e. The van der Waals surface area contributed by atoms with E-state index in [1.165, 1.54) is 11.3 Å². The van der Waals surface area contributed by atoms with Crippen molar-refractivity contribution in [1.82, 2.24) is 10.2 Å². The third kappa shape index (κ3) is 5.32. The summed E-state index contributed by atoms with van der Waals surface area (Å²) < 4.78 is 10.8. The van der Waals surface area contributed by atoms with Crippen molar-refractivity contribution >= 4 is 11.6 Å². The van der Waals surface area contributed by atoms with Crippen LogP contribution >= 0.6 is 0 Å². The number of nitrogens with one attached hydrogen (secondary N) is 1. The molecule has 0 unspecified atom stereocenters. The maximum absolute atomic E-state index is 12.5. The summed E-state index contributed by atoms with van der Waals surface area (Å²) in [6.45, 7) is 6.26. The molecule has 2 aromatic carbocycles. The molecule has 0 bridgehead atoms. The summed E-state index contributed by atoms with van der Waals surface area (Å²) in [4.78, 5) is 17.4. The van der Waals surface area contributed by atoms with E-state index in [9.17, 15) is 4.79 Å². The Hall–Kier alpha value is -2.57. The van der Waals surface area contributed by atoms with Crippen LogP contribution in [0.3, 0.4) is 0 Å². The van der Waals surface area contributed by atoms with Crippen LogP contribution in [0.2, 0.25) is 0 Å². The van der Waals surface area contributed by atoms with Crippen LogP contribution in [0.15, 0.2) is 48.5 Å². The van der Waals surface area contributed by atoms with E-state index in [1.807, 2.05) is 30.3 Å². The Balaban J connectivity index is 1.27. The van der Waals surface area contributed by atoms with Crippen LogP contribution in [-0.4, -0.2) is 63.4 Å². The minimum absolute atomic E-state index is 0.0170. The molecule has 2 heterocycles. The molecule has 2 aliphatic heterocycles. The van der Waals surface area contributed by atoms with Gasteiger partial charge in [-0.3, -0.25) is 9.69 Å². The molecule has 6 heteroatoms. The Bertz CT molecular complexity index is 826. The monoisotopic (exact) mass is 409 g/mol. The molecule has 0 spiro atoms. The maximum atomic E-state index is 12.5. The molecular formula is C24H31N3O3. The van der Waals surface area contributed by atoms with E-state index in [-0.39, 0.29) is 12.0 Å². The zero-order chi connectivity index (χ0) is 20.8. The third-order valence-corrected chi connectivity index (χ3v) is 5.92. The van der Waals surface area contributed by atoms with E-state index in [0.717, 1.165) is 63.5 Å². The molecule has 0 aromatic heterocycles. The standard InChI is InChI=1S/C24H31N3O3/c1-29-22-9-7-21(8-10-22)27-13-11-26(12-14-27)18-19-4-2-5-20(16-19)24(28)25-17-23-6-3-15-30-23/h2,4-5,7-10,16,23H,3,6,11-15,17-18H2,1H3,(H,25,28)/t23-/m1/s1. The van der Waals surface area contributed by atoms with Crippen LogP contribution < -0.4 is 15.0 Å². The fraction of sp³-hybridized carbons (Fsp3) is 0.458. The molecule has 1 atom stereocenters. The highest BCUT2D eigenvalue weighted by Crippen LogP contribution is 2.21. The molecule has 30 heavy (non-hydrogen) atoms. The lowest BCUT2D eigenvalue weighted by atomic mass is 10.1. The lowest BCUT2D eigenvalue weighted by molar-refractivity contribution is 0.0857. The first-order chi connectivity index (χ1) is 14.7. The molecule has 0 radical (unpaired) electrons. The Labute approximate surface area is 178 Å². The van der Waals surface area contributed by atoms with E-state index in [1.54, 1.807) is 7.11 Å². The normalized spacial score (nSPS) is 19.6. The maximum Gasteiger partial charge on any atom is 0.251 e. The second-order valence-electron chi connectivity index (χ2n) is 8.01. The molecular weight excluding hydrogens is 378 g/mol. The number of carbonyl (C=O) groups is 1. The van der Waals surface area contributed by atoms with Gasteiger partial charge in [0.25, 0.3) is 5.91 Å². The number of hydrogen-bond donors (Lipinski definition) is 1. The molecule has 160 valence electrons. The van der Waals surface area contributed by atoms with E-state index in [4.69, 9.17) is 9.47 Å². The second kappa shape index (κ2) is 9.96. The highest BCUT2D eigenvalue weighted by molar-refractivity contribution is 5.94. The number of anilines is 1. The van der Waals surface area contributed by atoms with Gasteiger partial charge in [0.2, 0.25) is 0 Å². The van der Waals surface area contributed by atoms with E-state index in [0.29, 0.717) is 6.54 Å². The van der Waals surface area contributed by atoms with Gasteiger partial charge in [-0.2, -0.15) is 0 Å². The largest absolute Gasteiger partial charge is 0.497 e. The lowest BCUT2D eigenvalue weighted by Crippen LogP contribution is -2.46. The average molecular weight is 410 g/mol. The molecule has 0 aliphatic carbocycles. The quantitative estimate of drug-likeness (QED) is 0.762. The smallest absolute Gasteiger partial charge is 0.251 e. The Morgan fingerprint density at radius 1 is 1.13 bits per heavy atom. The van der Waals surface area contributed by atoms with E-state index >= 15 is 0 Å². The predicted molar refractivity (Wildman–Crippen MR) is 118 cm³/mol. The van der Waals surface area contributed by atoms with Crippen LogP contribution in [0.4, 0.5) is 5.69 Å². The molecule has 6 nitrogen and oxygen atoms in total. The Kier molecular flexibility index (Phi) is 6.87. The van der Waals surface area contributed by atoms with Crippen molar-refractivity contribution in [3.8, 4) is 5.75 Å². The number of piperazine rings is 1. The molecule has 2 fully saturated rings. The molecule has 4 rings (SSSR count). The highest BCUT2D eigenvalue weighted by atomic mass is 16.5. The van der Waals surface area contributed by atoms with Crippen LogP contribution in [0, 0.1) is 0 Å². The van der Waals surface area contributed by atoms with Crippen molar-refractivity contribution in [3.05, 3.63) is 59.7 Å². The summed E-state index contributed by atoms with van der Waals surface area (Å²) in [5, 5.41) is 3.01. The van der Waals surface area contributed by atoms with Gasteiger partial charge in [0, 0.05) is 57.1 Å². The van der Waals surface area contributed by atoms with Gasteiger partial charge in [-0.15, -0.1) is 0 Å². The van der Waals surface area contributed by atoms with Crippen LogP contribution in [0.5, 0.6) is 5.75 Å². The van der Waals surface area contributed by atoms with Gasteiger partial charge in [-0.25, -0.2) is 0 Å². The summed E-state index contributed by atoms with van der Waals surface area (Å²) in [6, 6.07) is 16.2. The van der Waals surface area contributed by atoms with E-state index < -0.39 is 0 Å². The minimum atomic E-state index is -0.0170. The number of methoxy groups -OCH3 is 1. The highest BCUT2D eigenvalue weighted by Gasteiger charge is 2.19. The van der Waals surface area contributed by atoms with Crippen LogP contribution in [-0.2, 0) is 11.3 Å². The van der Waals surface area contributed by atoms with Gasteiger partial charge in [0.15, 0.2) is 0 Å². The molecule has 1 N–H and O–H groups in total. The first-order valence-electron chi connectivity index (χ1n) is 10.8. The summed E-state index contributed by atoms with van der Waals surface area (Å²) in [7, 11) is 1.69. The molecule has 2 aromatic rings. The number of carbonyl (C=O) groups excluding carboxylic acids is 1. The lowest BCUT2D eigenvalue weighted by Gasteiger charge is -2.36. The second-order valence-corrected chi connectivity index (χ2v) is 8.01. The van der Waals surface area contributed by atoms with Gasteiger partial charge < -0.3 is 19.7 Å². The van der Waals surface area contributed by atoms with Gasteiger partial charge in [-0.1, -0.05) is 12.1 Å². The van der Waals surface area contributed by atoms with Gasteiger partial charge >= 0.3 is 0 Å². The summed E-state index contributed by atoms with van der Waals surface area (Å²) >= 11 is 0. The van der Waals surface area contributed by atoms with Crippen molar-refractivity contribution < 1.29 is 14.3 Å². The Morgan fingerprint density at radius 3 is 2.63 bits per heavy atom. The first kappa shape index (κ1) is 20.7. The van der Waals surface area contributed by atoms with Crippen LogP contribution in [0.25, 0.3) is 0 Å². The number of ether oxygens (including phenoxy) is 2. The van der Waals surface area contributed by atoms with Crippen molar-refractivity contribution in [2.75, 3.05) is 51.3 Å². The van der Waals surface area contributed by atoms with E-state index in [2.05, 4.69) is 33.3 Å². The molecule has 1 amide bonds. The Morgan fingerprint density at radius 2 is 1.93 bits per heavy atom. The summed E-state index contributed by atoms with van der Waals surface area (Å²) in [5.74, 6) is 0.869. The molecule has 2 aliphatic rings. The number of hydrogen-bond acceptors (Lipinski definition) is 5. The average Bonchev–Trinajstić information content (AvgIpc) is 3.32. The van der Waals surface area contributed by atoms with Crippen molar-refractivity contribution in [3.63, 3.8) is 0 Å². The fourth-order valence-corrected chi connectivity index (χ4v) is 4.14. The van der Waals surface area contributed by atoms with Crippen molar-refractivity contribution in [2.45, 2.75) is 25.5 Å². The zero-order valence-electron chi connectivity index (χ0n) is 17.7. The zero-order valence-corrected chi connectivity index (χ0v) is 17.7. The third-order valence-electron chi connectivity index (χ3n) is 5.92. The molecule has 2 saturated heterocycles. The van der Waals surface area contributed by atoms with Crippen molar-refractivity contribution in [1.29, 1.82) is 0 Å². The number of amides is 1. The van der Waals surface area contributed by atoms with Gasteiger partial charge in [-0.05, 0) is 54.8 Å². The number of nitrogens with zero attached hydrogens (tertiary/aromatic N) is 2. The predicted octanol–water partition coefficient (Wildman–Crippen LogP) is 2.93. The number of rotatable bonds is 7. The first-order valence-corrected chi connectivity index (χ1v) is 10.8.